The molecule has 0 unspecified atom stereocenters. The molecule has 530 valence electrons. The summed E-state index contributed by atoms with van der Waals surface area (Å²) in [6, 6.07) is 41.0. The van der Waals surface area contributed by atoms with Gasteiger partial charge in [-0.15, -0.1) is 0 Å². The lowest BCUT2D eigenvalue weighted by Gasteiger charge is -2.10. The Bertz CT molecular complexity index is 5090. The van der Waals surface area contributed by atoms with Crippen LogP contribution in [0.1, 0.15) is 136 Å². The second-order valence-electron chi connectivity index (χ2n) is 23.7. The zero-order chi connectivity index (χ0) is 75.0. The molecule has 0 aliphatic heterocycles. The first-order valence-corrected chi connectivity index (χ1v) is 33.2. The molecule has 0 aromatic carbocycles. The number of hydrogen-bond acceptors (Lipinski definition) is 21. The molecule has 0 saturated carbocycles. The fourth-order valence-corrected chi connectivity index (χ4v) is 9.96. The van der Waals surface area contributed by atoms with Gasteiger partial charge in [-0.05, 0) is 108 Å². The molecule has 105 heavy (non-hydrogen) atoms. The molecule has 0 fully saturated rings. The number of nitrogens with zero attached hydrogens (tertiary/aromatic N) is 13. The Labute approximate surface area is 608 Å². The summed E-state index contributed by atoms with van der Waals surface area (Å²) in [6.07, 6.45) is 16.7. The van der Waals surface area contributed by atoms with Gasteiger partial charge in [-0.3, -0.25) is 59.0 Å². The molecule has 0 N–H and O–H groups in total. The van der Waals surface area contributed by atoms with E-state index < -0.39 is 11.7 Å². The van der Waals surface area contributed by atoms with Gasteiger partial charge >= 0.3 is 0 Å². The molecule has 25 heteroatoms. The average molecular weight is 1430 g/mol. The van der Waals surface area contributed by atoms with Crippen LogP contribution in [0.2, 0.25) is 5.02 Å². The van der Waals surface area contributed by atoms with Gasteiger partial charge in [0, 0.05) is 167 Å². The molecule has 0 bridgehead atoms. The molecule has 21 nitrogen and oxygen atoms in total. The quantitative estimate of drug-likeness (QED) is 0.0538. The van der Waals surface area contributed by atoms with Gasteiger partial charge in [0.1, 0.15) is 80.7 Å². The van der Waals surface area contributed by atoms with E-state index in [1.165, 1.54) is 55.2 Å². The van der Waals surface area contributed by atoms with Crippen molar-refractivity contribution in [3.8, 4) is 52.1 Å². The molecular weight excluding hydrogens is 1360 g/mol. The summed E-state index contributed by atoms with van der Waals surface area (Å²) >= 11 is 5.89. The lowest BCUT2D eigenvalue weighted by Crippen LogP contribution is -2.11. The van der Waals surface area contributed by atoms with Crippen molar-refractivity contribution in [1.29, 1.82) is 5.26 Å². The Balaban J connectivity index is 0.000000162. The largest absolute Gasteiger partial charge is 0.456 e. The maximum absolute atomic E-state index is 13.3. The highest BCUT2D eigenvalue weighted by Crippen LogP contribution is 2.30. The molecule has 12 aromatic heterocycles. The van der Waals surface area contributed by atoms with Crippen LogP contribution in [0.15, 0.2) is 201 Å². The van der Waals surface area contributed by atoms with Gasteiger partial charge in [-0.2, -0.15) is 5.26 Å². The Kier molecular flexibility index (Phi) is 26.7. The minimum atomic E-state index is -2.98. The summed E-state index contributed by atoms with van der Waals surface area (Å²) in [7, 11) is 0. The smallest absolute Gasteiger partial charge is 0.272 e. The summed E-state index contributed by atoms with van der Waals surface area (Å²) in [6.45, 7) is 13.9. The molecule has 0 radical (unpaired) electrons. The highest BCUT2D eigenvalue weighted by Gasteiger charge is 2.25. The average Bonchev–Trinajstić information content (AvgIpc) is 0.859. The Morgan fingerprint density at radius 1 is 0.419 bits per heavy atom. The van der Waals surface area contributed by atoms with Crippen LogP contribution in [0, 0.1) is 51.8 Å². The van der Waals surface area contributed by atoms with Gasteiger partial charge in [0.15, 0.2) is 23.1 Å². The third-order valence-electron chi connectivity index (χ3n) is 14.8. The molecule has 0 saturated heterocycles. The SMILES string of the molecule is CCc1cccc(CC(=O)c2cc(Oc3cccnc3)cc(C)n2)n1.CCc1cccc(CC(=O)c2cc(Oc3cncc(F)c3)cc(C)n2)n1.Cc1cc(Oc2cncc(Cl)c2)cc(C(=O)Cc2ccc(C(C)(F)F)cn2)n1.Cc1ccc(CC(=O)c2cc(Oc3cncc(C#N)c3)cc(C)n2)nc1. The van der Waals surface area contributed by atoms with Crippen molar-refractivity contribution < 1.29 is 51.3 Å². The molecule has 0 atom stereocenters. The number of aromatic nitrogens is 12. The number of hydrogen-bond donors (Lipinski definition) is 0. The fraction of sp³-hybridized carbons (Fsp3) is 0.188. The number of carbonyl (C=O) groups excluding carboxylic acids is 4. The van der Waals surface area contributed by atoms with Crippen LogP contribution in [0.4, 0.5) is 13.2 Å². The molecule has 12 heterocycles. The first-order valence-electron chi connectivity index (χ1n) is 32.8. The monoisotopic (exact) mass is 1430 g/mol. The minimum Gasteiger partial charge on any atom is -0.456 e. The molecular formula is C80H69ClF3N13O8. The Hall–Kier alpha value is -12.8. The van der Waals surface area contributed by atoms with Gasteiger partial charge in [0.25, 0.3) is 5.92 Å². The van der Waals surface area contributed by atoms with Crippen LogP contribution in [0.5, 0.6) is 46.0 Å². The van der Waals surface area contributed by atoms with Gasteiger partial charge < -0.3 is 18.9 Å². The summed E-state index contributed by atoms with van der Waals surface area (Å²) in [5.41, 5.74) is 9.44. The zero-order valence-corrected chi connectivity index (χ0v) is 59.1. The van der Waals surface area contributed by atoms with Crippen LogP contribution in [-0.4, -0.2) is 82.9 Å². The number of nitriles is 1. The molecule has 12 rings (SSSR count). The van der Waals surface area contributed by atoms with E-state index in [0.717, 1.165) is 60.5 Å². The van der Waals surface area contributed by atoms with Crippen LogP contribution in [0.3, 0.4) is 0 Å². The van der Waals surface area contributed by atoms with Crippen molar-refractivity contribution in [3.63, 3.8) is 0 Å². The van der Waals surface area contributed by atoms with Gasteiger partial charge in [0.2, 0.25) is 0 Å². The van der Waals surface area contributed by atoms with Crippen LogP contribution in [0.25, 0.3) is 0 Å². The maximum atomic E-state index is 13.3. The van der Waals surface area contributed by atoms with Crippen molar-refractivity contribution in [1.82, 2.24) is 59.8 Å². The highest BCUT2D eigenvalue weighted by atomic mass is 35.5. The maximum Gasteiger partial charge on any atom is 0.272 e. The number of carbonyl (C=O) groups is 4. The van der Waals surface area contributed by atoms with E-state index in [-0.39, 0.29) is 71.5 Å². The Morgan fingerprint density at radius 2 is 0.829 bits per heavy atom. The van der Waals surface area contributed by atoms with E-state index in [0.29, 0.717) is 96.4 Å². The number of ether oxygens (including phenoxy) is 4. The number of halogens is 4. The minimum absolute atomic E-state index is 0.0653. The van der Waals surface area contributed by atoms with Crippen molar-refractivity contribution >= 4 is 34.7 Å². The van der Waals surface area contributed by atoms with E-state index in [1.54, 1.807) is 100 Å². The lowest BCUT2D eigenvalue weighted by atomic mass is 10.1. The van der Waals surface area contributed by atoms with Gasteiger partial charge in [-0.25, -0.2) is 33.1 Å². The summed E-state index contributed by atoms with van der Waals surface area (Å²) in [5.74, 6) is -0.581. The number of alkyl halides is 2. The third-order valence-corrected chi connectivity index (χ3v) is 15.0. The number of Topliss-reactive ketones (excluding diaryl/α,β-unsaturated/α-hetero) is 4. The second kappa shape index (κ2) is 36.7. The number of ketones is 4. The van der Waals surface area contributed by atoms with Crippen molar-refractivity contribution in [2.75, 3.05) is 0 Å². The number of pyridine rings is 12. The van der Waals surface area contributed by atoms with Crippen molar-refractivity contribution in [2.24, 2.45) is 0 Å². The predicted octanol–water partition coefficient (Wildman–Crippen LogP) is 16.8. The summed E-state index contributed by atoms with van der Waals surface area (Å²) in [4.78, 5) is 100. The van der Waals surface area contributed by atoms with E-state index in [9.17, 15) is 32.3 Å². The van der Waals surface area contributed by atoms with Crippen LogP contribution in [-0.2, 0) is 44.4 Å². The van der Waals surface area contributed by atoms with E-state index in [1.807, 2.05) is 88.4 Å². The van der Waals surface area contributed by atoms with Crippen LogP contribution >= 0.6 is 11.6 Å². The van der Waals surface area contributed by atoms with E-state index >= 15 is 0 Å². The summed E-state index contributed by atoms with van der Waals surface area (Å²) < 4.78 is 62.6. The van der Waals surface area contributed by atoms with Gasteiger partial charge in [-0.1, -0.05) is 43.6 Å². The fourth-order valence-electron chi connectivity index (χ4n) is 9.80. The molecule has 0 aliphatic rings. The van der Waals surface area contributed by atoms with Crippen molar-refractivity contribution in [3.05, 3.63) is 309 Å². The predicted molar refractivity (Wildman–Crippen MR) is 385 cm³/mol. The van der Waals surface area contributed by atoms with E-state index in [4.69, 9.17) is 35.8 Å². The van der Waals surface area contributed by atoms with Crippen molar-refractivity contribution in [2.45, 2.75) is 99.8 Å². The molecule has 0 amide bonds. The topological polar surface area (TPSA) is 284 Å². The first-order chi connectivity index (χ1) is 50.4. The van der Waals surface area contributed by atoms with E-state index in [2.05, 4.69) is 59.8 Å². The standard InChI is InChI=1S/C20H16ClF2N3O2.C20H18FN3O2.C20H16N4O2.C20H19N3O2/c1-12-5-16(28-17-6-14(21)10-24-11-17)8-18(26-12)19(27)7-15-4-3-13(9-25-15)20(2,22)23;1-3-15-5-4-6-16(24-15)9-20(25)19-10-17(7-13(2)23-19)26-18-8-14(21)11-22-12-18;1-13-3-4-16(23-10-13)7-20(25)19-8-17(5-14(2)24-19)26-18-6-15(9-21)11-22-12-18;1-3-15-6-4-7-16(23-15)11-20(24)19-12-18(10-14(2)22-19)25-17-8-5-9-21-13-17/h3-6,8-11H,7H2,1-2H3;4-8,10-12H,3,9H2,1-2H3;3-6,8,10-12H,7H2,1-2H3;4-10,12-13H,3,11H2,1-2H3. The second-order valence-corrected chi connectivity index (χ2v) is 24.2. The highest BCUT2D eigenvalue weighted by molar-refractivity contribution is 6.30. The number of aryl methyl sites for hydroxylation is 7. The molecule has 0 spiro atoms. The normalized spacial score (nSPS) is 10.7. The van der Waals surface area contributed by atoms with Gasteiger partial charge in [0.05, 0.1) is 67.3 Å². The first kappa shape index (κ1) is 76.4. The third kappa shape index (κ3) is 24.2. The summed E-state index contributed by atoms with van der Waals surface area (Å²) in [5, 5.41) is 9.36. The lowest BCUT2D eigenvalue weighted by molar-refractivity contribution is 0.0170. The number of rotatable bonds is 23. The zero-order valence-electron chi connectivity index (χ0n) is 58.4. The molecule has 0 aliphatic carbocycles. The Morgan fingerprint density at radius 3 is 1.23 bits per heavy atom. The van der Waals surface area contributed by atoms with Crippen LogP contribution < -0.4 is 18.9 Å². The molecule has 12 aromatic rings.